The number of anilines is 1. The van der Waals surface area contributed by atoms with E-state index >= 15 is 0 Å². The van der Waals surface area contributed by atoms with Crippen molar-refractivity contribution in [1.29, 1.82) is 0 Å². The van der Waals surface area contributed by atoms with Gasteiger partial charge in [-0.2, -0.15) is 0 Å². The van der Waals surface area contributed by atoms with Gasteiger partial charge in [0.1, 0.15) is 0 Å². The Bertz CT molecular complexity index is 1060. The molecule has 2 aromatic carbocycles. The van der Waals surface area contributed by atoms with Crippen molar-refractivity contribution in [2.75, 3.05) is 23.9 Å². The number of nitrogens with zero attached hydrogens (tertiary/aromatic N) is 1. The molecule has 0 heterocycles. The second-order valence-electron chi connectivity index (χ2n) is 6.52. The summed E-state index contributed by atoms with van der Waals surface area (Å²) in [6, 6.07) is 12.4. The summed E-state index contributed by atoms with van der Waals surface area (Å²) in [6.07, 6.45) is 2.78. The number of nitrogens with one attached hydrogen (secondary N) is 1. The molecule has 0 aromatic heterocycles. The van der Waals surface area contributed by atoms with Crippen LogP contribution in [0.5, 0.6) is 0 Å². The van der Waals surface area contributed by atoms with E-state index in [0.717, 1.165) is 22.4 Å². The standard InChI is InChI=1S/C19H24N2O5S2/c1-5-17(14-10-12-15(13-11-14)27(3,23)24)20-19(22)16-8-6-7-9-18(16)21(2)28(4,25)26/h6-13,17H,5H2,1-4H3,(H,20,22)/t17-/m1/s1. The van der Waals surface area contributed by atoms with Gasteiger partial charge < -0.3 is 5.32 Å². The first-order chi connectivity index (χ1) is 12.9. The van der Waals surface area contributed by atoms with Gasteiger partial charge in [0.15, 0.2) is 9.84 Å². The van der Waals surface area contributed by atoms with Crippen molar-refractivity contribution < 1.29 is 21.6 Å². The lowest BCUT2D eigenvalue weighted by molar-refractivity contribution is 0.0936. The van der Waals surface area contributed by atoms with Gasteiger partial charge in [-0.25, -0.2) is 16.8 Å². The minimum absolute atomic E-state index is 0.206. The fourth-order valence-corrected chi connectivity index (χ4v) is 3.87. The molecule has 0 fully saturated rings. The van der Waals surface area contributed by atoms with Crippen LogP contribution in [0, 0.1) is 0 Å². The van der Waals surface area contributed by atoms with Crippen molar-refractivity contribution in [3.63, 3.8) is 0 Å². The van der Waals surface area contributed by atoms with E-state index in [2.05, 4.69) is 5.32 Å². The third kappa shape index (κ3) is 5.11. The van der Waals surface area contributed by atoms with Gasteiger partial charge in [-0.1, -0.05) is 31.2 Å². The summed E-state index contributed by atoms with van der Waals surface area (Å²) in [6.45, 7) is 1.89. The number of sulfone groups is 1. The van der Waals surface area contributed by atoms with Crippen LogP contribution in [-0.2, 0) is 19.9 Å². The monoisotopic (exact) mass is 424 g/mol. The number of hydrogen-bond acceptors (Lipinski definition) is 5. The van der Waals surface area contributed by atoms with Crippen LogP contribution in [0.25, 0.3) is 0 Å². The minimum Gasteiger partial charge on any atom is -0.345 e. The van der Waals surface area contributed by atoms with Crippen LogP contribution in [0.15, 0.2) is 53.4 Å². The Morgan fingerprint density at radius 2 is 1.57 bits per heavy atom. The number of hydrogen-bond donors (Lipinski definition) is 1. The molecule has 2 aromatic rings. The Kier molecular flexibility index (Phi) is 6.51. The van der Waals surface area contributed by atoms with Crippen LogP contribution >= 0.6 is 0 Å². The van der Waals surface area contributed by atoms with Crippen LogP contribution < -0.4 is 9.62 Å². The van der Waals surface area contributed by atoms with Crippen LogP contribution in [-0.4, -0.2) is 42.3 Å². The van der Waals surface area contributed by atoms with E-state index in [-0.39, 0.29) is 22.2 Å². The lowest BCUT2D eigenvalue weighted by Crippen LogP contribution is -2.32. The first kappa shape index (κ1) is 21.9. The number of carbonyl (C=O) groups is 1. The largest absolute Gasteiger partial charge is 0.345 e. The maximum atomic E-state index is 12.8. The Morgan fingerprint density at radius 3 is 2.07 bits per heavy atom. The fourth-order valence-electron chi connectivity index (χ4n) is 2.72. The van der Waals surface area contributed by atoms with Gasteiger partial charge in [0, 0.05) is 13.3 Å². The molecule has 0 unspecified atom stereocenters. The summed E-state index contributed by atoms with van der Waals surface area (Å²) < 4.78 is 48.0. The molecule has 0 spiro atoms. The topological polar surface area (TPSA) is 101 Å². The number of carbonyl (C=O) groups excluding carboxylic acids is 1. The van der Waals surface area contributed by atoms with Gasteiger partial charge in [0.25, 0.3) is 5.91 Å². The third-order valence-electron chi connectivity index (χ3n) is 4.41. The first-order valence-electron chi connectivity index (χ1n) is 8.59. The van der Waals surface area contributed by atoms with Crippen molar-refractivity contribution in [2.45, 2.75) is 24.3 Å². The van der Waals surface area contributed by atoms with E-state index < -0.39 is 25.8 Å². The summed E-state index contributed by atoms with van der Waals surface area (Å²) in [5.74, 6) is -0.412. The molecule has 28 heavy (non-hydrogen) atoms. The molecule has 1 amide bonds. The van der Waals surface area contributed by atoms with Gasteiger partial charge in [0.05, 0.1) is 28.4 Å². The summed E-state index contributed by atoms with van der Waals surface area (Å²) in [4.78, 5) is 13.0. The normalized spacial score (nSPS) is 13.0. The van der Waals surface area contributed by atoms with Crippen molar-refractivity contribution in [1.82, 2.24) is 5.32 Å². The van der Waals surface area contributed by atoms with Gasteiger partial charge in [-0.3, -0.25) is 9.10 Å². The van der Waals surface area contributed by atoms with Gasteiger partial charge >= 0.3 is 0 Å². The molecular weight excluding hydrogens is 400 g/mol. The van der Waals surface area contributed by atoms with Gasteiger partial charge in [-0.15, -0.1) is 0 Å². The number of benzene rings is 2. The molecule has 2 rings (SSSR count). The summed E-state index contributed by atoms with van der Waals surface area (Å²) in [5.41, 5.74) is 1.28. The fraction of sp³-hybridized carbons (Fsp3) is 0.316. The smallest absolute Gasteiger partial charge is 0.253 e. The molecule has 0 aliphatic carbocycles. The minimum atomic E-state index is -3.52. The second kappa shape index (κ2) is 8.32. The molecule has 0 bridgehead atoms. The van der Waals surface area contributed by atoms with Crippen molar-refractivity contribution in [3.05, 3.63) is 59.7 Å². The molecule has 0 aliphatic rings. The molecule has 7 nitrogen and oxygen atoms in total. The lowest BCUT2D eigenvalue weighted by Gasteiger charge is -2.22. The van der Waals surface area contributed by atoms with E-state index in [0.29, 0.717) is 6.42 Å². The third-order valence-corrected chi connectivity index (χ3v) is 6.73. The molecule has 1 atom stereocenters. The summed E-state index contributed by atoms with van der Waals surface area (Å²) in [5, 5.41) is 2.89. The summed E-state index contributed by atoms with van der Waals surface area (Å²) in [7, 11) is -5.43. The Hall–Kier alpha value is -2.39. The lowest BCUT2D eigenvalue weighted by atomic mass is 10.0. The summed E-state index contributed by atoms with van der Waals surface area (Å²) >= 11 is 0. The van der Waals surface area contributed by atoms with Crippen molar-refractivity contribution >= 4 is 31.5 Å². The number of rotatable bonds is 7. The number of amides is 1. The number of para-hydroxylation sites is 1. The first-order valence-corrected chi connectivity index (χ1v) is 12.3. The molecule has 0 radical (unpaired) electrons. The van der Waals surface area contributed by atoms with E-state index in [9.17, 15) is 21.6 Å². The Morgan fingerprint density at radius 1 is 1.00 bits per heavy atom. The zero-order chi connectivity index (χ0) is 21.1. The zero-order valence-corrected chi connectivity index (χ0v) is 17.8. The van der Waals surface area contributed by atoms with Gasteiger partial charge in [0.2, 0.25) is 10.0 Å². The van der Waals surface area contributed by atoms with Crippen molar-refractivity contribution in [3.8, 4) is 0 Å². The predicted octanol–water partition coefficient (Wildman–Crippen LogP) is 2.37. The van der Waals surface area contributed by atoms with E-state index in [1.54, 1.807) is 36.4 Å². The average molecular weight is 425 g/mol. The maximum Gasteiger partial charge on any atom is 0.253 e. The average Bonchev–Trinajstić information content (AvgIpc) is 2.64. The highest BCUT2D eigenvalue weighted by atomic mass is 32.2. The zero-order valence-electron chi connectivity index (χ0n) is 16.2. The van der Waals surface area contributed by atoms with Crippen molar-refractivity contribution in [2.24, 2.45) is 0 Å². The molecule has 9 heteroatoms. The van der Waals surface area contributed by atoms with Crippen LogP contribution in [0.4, 0.5) is 5.69 Å². The highest BCUT2D eigenvalue weighted by Crippen LogP contribution is 2.24. The number of sulfonamides is 1. The SMILES string of the molecule is CC[C@@H](NC(=O)c1ccccc1N(C)S(C)(=O)=O)c1ccc(S(C)(=O)=O)cc1. The molecule has 152 valence electrons. The van der Waals surface area contributed by atoms with Crippen LogP contribution in [0.2, 0.25) is 0 Å². The maximum absolute atomic E-state index is 12.8. The molecular formula is C19H24N2O5S2. The van der Waals surface area contributed by atoms with E-state index in [1.165, 1.54) is 19.2 Å². The molecule has 1 N–H and O–H groups in total. The highest BCUT2D eigenvalue weighted by molar-refractivity contribution is 7.92. The predicted molar refractivity (Wildman–Crippen MR) is 110 cm³/mol. The quantitative estimate of drug-likeness (QED) is 0.735. The van der Waals surface area contributed by atoms with Crippen LogP contribution in [0.1, 0.15) is 35.3 Å². The van der Waals surface area contributed by atoms with Gasteiger partial charge in [-0.05, 0) is 36.2 Å². The van der Waals surface area contributed by atoms with E-state index in [1.807, 2.05) is 6.92 Å². The Balaban J connectivity index is 2.31. The van der Waals surface area contributed by atoms with E-state index in [4.69, 9.17) is 0 Å². The van der Waals surface area contributed by atoms with Crippen LogP contribution in [0.3, 0.4) is 0 Å². The molecule has 0 saturated carbocycles. The Labute approximate surface area is 166 Å². The molecule has 0 aliphatic heterocycles. The molecule has 0 saturated heterocycles. The second-order valence-corrected chi connectivity index (χ2v) is 10.6. The highest BCUT2D eigenvalue weighted by Gasteiger charge is 2.21.